The highest BCUT2D eigenvalue weighted by atomic mass is 15.3. The lowest BCUT2D eigenvalue weighted by Crippen LogP contribution is -2.14. The maximum absolute atomic E-state index is 4.31. The van der Waals surface area contributed by atoms with Gasteiger partial charge in [0.2, 0.25) is 0 Å². The van der Waals surface area contributed by atoms with E-state index in [-0.39, 0.29) is 0 Å². The van der Waals surface area contributed by atoms with Gasteiger partial charge in [0.25, 0.3) is 0 Å². The summed E-state index contributed by atoms with van der Waals surface area (Å²) >= 11 is 0. The summed E-state index contributed by atoms with van der Waals surface area (Å²) in [4.78, 5) is 4.31. The van der Waals surface area contributed by atoms with Crippen molar-refractivity contribution in [2.45, 2.75) is 25.2 Å². The summed E-state index contributed by atoms with van der Waals surface area (Å²) in [7, 11) is 1.97. The number of nitrogens with one attached hydrogen (secondary N) is 1. The zero-order valence-corrected chi connectivity index (χ0v) is 8.03. The van der Waals surface area contributed by atoms with Crippen LogP contribution in [-0.4, -0.2) is 27.9 Å². The maximum atomic E-state index is 4.31. The molecule has 0 spiro atoms. The number of nitrogens with zero attached hydrogens (tertiary/aromatic N) is 3. The zero-order valence-electron chi connectivity index (χ0n) is 8.03. The molecule has 0 aliphatic carbocycles. The molecule has 1 N–H and O–H groups in total. The minimum atomic E-state index is 0.600. The molecule has 1 aromatic rings. The van der Waals surface area contributed by atoms with E-state index < -0.39 is 0 Å². The SMILES string of the molecule is Cn1ncnc1C1CCCNCC1. The maximum Gasteiger partial charge on any atom is 0.138 e. The highest BCUT2D eigenvalue weighted by Gasteiger charge is 2.17. The summed E-state index contributed by atoms with van der Waals surface area (Å²) in [5.41, 5.74) is 0. The first-order chi connectivity index (χ1) is 6.38. The Morgan fingerprint density at radius 1 is 1.46 bits per heavy atom. The Labute approximate surface area is 78.4 Å². The molecule has 1 unspecified atom stereocenters. The van der Waals surface area contributed by atoms with Gasteiger partial charge in [-0.1, -0.05) is 0 Å². The Balaban J connectivity index is 2.10. The van der Waals surface area contributed by atoms with E-state index in [1.54, 1.807) is 6.33 Å². The first kappa shape index (κ1) is 8.69. The van der Waals surface area contributed by atoms with Crippen molar-refractivity contribution in [3.8, 4) is 0 Å². The van der Waals surface area contributed by atoms with Crippen molar-refractivity contribution < 1.29 is 0 Å². The number of rotatable bonds is 1. The van der Waals surface area contributed by atoms with Gasteiger partial charge in [0.1, 0.15) is 12.2 Å². The van der Waals surface area contributed by atoms with Crippen LogP contribution >= 0.6 is 0 Å². The van der Waals surface area contributed by atoms with E-state index in [0.717, 1.165) is 18.9 Å². The third-order valence-corrected chi connectivity index (χ3v) is 2.69. The second-order valence-electron chi connectivity index (χ2n) is 3.62. The van der Waals surface area contributed by atoms with Crippen molar-refractivity contribution in [1.82, 2.24) is 20.1 Å². The number of aromatic nitrogens is 3. The van der Waals surface area contributed by atoms with Gasteiger partial charge in [-0.3, -0.25) is 4.68 Å². The Morgan fingerprint density at radius 3 is 3.15 bits per heavy atom. The standard InChI is InChI=1S/C9H16N4/c1-13-9(11-7-12-13)8-3-2-5-10-6-4-8/h7-8,10H,2-6H2,1H3. The highest BCUT2D eigenvalue weighted by Crippen LogP contribution is 2.23. The van der Waals surface area contributed by atoms with Crippen molar-refractivity contribution in [2.24, 2.45) is 7.05 Å². The molecule has 0 saturated carbocycles. The molecular weight excluding hydrogens is 164 g/mol. The predicted molar refractivity (Wildman–Crippen MR) is 50.5 cm³/mol. The van der Waals surface area contributed by atoms with Gasteiger partial charge in [-0.25, -0.2) is 4.98 Å². The van der Waals surface area contributed by atoms with Crippen molar-refractivity contribution in [3.05, 3.63) is 12.2 Å². The van der Waals surface area contributed by atoms with Crippen molar-refractivity contribution in [1.29, 1.82) is 0 Å². The molecule has 4 heteroatoms. The lowest BCUT2D eigenvalue weighted by molar-refractivity contribution is 0.539. The van der Waals surface area contributed by atoms with Crippen LogP contribution in [0.5, 0.6) is 0 Å². The molecule has 1 atom stereocenters. The lowest BCUT2D eigenvalue weighted by Gasteiger charge is -2.11. The number of hydrogen-bond acceptors (Lipinski definition) is 3. The fourth-order valence-corrected chi connectivity index (χ4v) is 1.95. The molecule has 0 radical (unpaired) electrons. The van der Waals surface area contributed by atoms with Gasteiger partial charge in [0.05, 0.1) is 0 Å². The molecule has 1 aliphatic rings. The Hall–Kier alpha value is -0.900. The van der Waals surface area contributed by atoms with E-state index in [0.29, 0.717) is 5.92 Å². The molecule has 2 heterocycles. The van der Waals surface area contributed by atoms with Gasteiger partial charge in [0, 0.05) is 13.0 Å². The summed E-state index contributed by atoms with van der Waals surface area (Å²) in [5.74, 6) is 1.74. The van der Waals surface area contributed by atoms with Gasteiger partial charge in [-0.2, -0.15) is 5.10 Å². The zero-order chi connectivity index (χ0) is 9.10. The molecule has 1 aromatic heterocycles. The fourth-order valence-electron chi connectivity index (χ4n) is 1.95. The molecule has 1 fully saturated rings. The number of hydrogen-bond donors (Lipinski definition) is 1. The molecule has 4 nitrogen and oxygen atoms in total. The quantitative estimate of drug-likeness (QED) is 0.691. The Morgan fingerprint density at radius 2 is 2.38 bits per heavy atom. The average molecular weight is 180 g/mol. The minimum absolute atomic E-state index is 0.600. The van der Waals surface area contributed by atoms with Crippen molar-refractivity contribution in [3.63, 3.8) is 0 Å². The second kappa shape index (κ2) is 3.87. The third kappa shape index (κ3) is 1.88. The van der Waals surface area contributed by atoms with Crippen LogP contribution in [0.1, 0.15) is 31.0 Å². The summed E-state index contributed by atoms with van der Waals surface area (Å²) in [6.45, 7) is 2.26. The van der Waals surface area contributed by atoms with Crippen LogP contribution < -0.4 is 5.32 Å². The van der Waals surface area contributed by atoms with E-state index in [1.807, 2.05) is 11.7 Å². The topological polar surface area (TPSA) is 42.7 Å². The monoisotopic (exact) mass is 180 g/mol. The van der Waals surface area contributed by atoms with Gasteiger partial charge < -0.3 is 5.32 Å². The first-order valence-electron chi connectivity index (χ1n) is 4.92. The van der Waals surface area contributed by atoms with Crippen LogP contribution in [0.15, 0.2) is 6.33 Å². The summed E-state index contributed by atoms with van der Waals surface area (Å²) < 4.78 is 1.90. The van der Waals surface area contributed by atoms with Crippen molar-refractivity contribution in [2.75, 3.05) is 13.1 Å². The number of aryl methyl sites for hydroxylation is 1. The van der Waals surface area contributed by atoms with E-state index in [1.165, 1.54) is 19.3 Å². The van der Waals surface area contributed by atoms with Gasteiger partial charge in [-0.05, 0) is 32.4 Å². The van der Waals surface area contributed by atoms with E-state index in [9.17, 15) is 0 Å². The van der Waals surface area contributed by atoms with Crippen LogP contribution in [0.4, 0.5) is 0 Å². The van der Waals surface area contributed by atoms with Crippen molar-refractivity contribution >= 4 is 0 Å². The second-order valence-corrected chi connectivity index (χ2v) is 3.62. The molecule has 2 rings (SSSR count). The summed E-state index contributed by atoms with van der Waals surface area (Å²) in [5, 5.41) is 7.51. The summed E-state index contributed by atoms with van der Waals surface area (Å²) in [6.07, 6.45) is 5.32. The van der Waals surface area contributed by atoms with Gasteiger partial charge in [0.15, 0.2) is 0 Å². The van der Waals surface area contributed by atoms with Crippen LogP contribution in [0.3, 0.4) is 0 Å². The highest BCUT2D eigenvalue weighted by molar-refractivity contribution is 4.96. The van der Waals surface area contributed by atoms with Crippen LogP contribution in [0, 0.1) is 0 Å². The lowest BCUT2D eigenvalue weighted by atomic mass is 10.00. The van der Waals surface area contributed by atoms with E-state index >= 15 is 0 Å². The Bertz CT molecular complexity index is 260. The fraction of sp³-hybridized carbons (Fsp3) is 0.778. The van der Waals surface area contributed by atoms with Gasteiger partial charge >= 0.3 is 0 Å². The first-order valence-corrected chi connectivity index (χ1v) is 4.92. The van der Waals surface area contributed by atoms with E-state index in [2.05, 4.69) is 15.4 Å². The molecule has 0 aromatic carbocycles. The van der Waals surface area contributed by atoms with Crippen LogP contribution in [0.2, 0.25) is 0 Å². The average Bonchev–Trinajstić information content (AvgIpc) is 2.43. The van der Waals surface area contributed by atoms with Gasteiger partial charge in [-0.15, -0.1) is 0 Å². The normalized spacial score (nSPS) is 24.2. The molecule has 1 saturated heterocycles. The van der Waals surface area contributed by atoms with Crippen LogP contribution in [0.25, 0.3) is 0 Å². The summed E-state index contributed by atoms with van der Waals surface area (Å²) in [6, 6.07) is 0. The Kier molecular flexibility index (Phi) is 2.59. The third-order valence-electron chi connectivity index (χ3n) is 2.69. The predicted octanol–water partition coefficient (Wildman–Crippen LogP) is 0.672. The minimum Gasteiger partial charge on any atom is -0.317 e. The molecule has 0 bridgehead atoms. The molecule has 72 valence electrons. The molecule has 13 heavy (non-hydrogen) atoms. The molecular formula is C9H16N4. The van der Waals surface area contributed by atoms with Crippen LogP contribution in [-0.2, 0) is 7.05 Å². The molecule has 0 amide bonds. The largest absolute Gasteiger partial charge is 0.317 e. The smallest absolute Gasteiger partial charge is 0.138 e. The van der Waals surface area contributed by atoms with E-state index in [4.69, 9.17) is 0 Å². The molecule has 1 aliphatic heterocycles.